The van der Waals surface area contributed by atoms with Crippen LogP contribution >= 0.6 is 51.4 Å². The molecule has 4 aromatic rings. The highest BCUT2D eigenvalue weighted by molar-refractivity contribution is 8.93. The topological polar surface area (TPSA) is 62.2 Å². The van der Waals surface area contributed by atoms with E-state index in [2.05, 4.69) is 53.8 Å². The fourth-order valence-electron chi connectivity index (χ4n) is 3.24. The average Bonchev–Trinajstić information content (AvgIpc) is 3.33. The van der Waals surface area contributed by atoms with Gasteiger partial charge in [0.2, 0.25) is 0 Å². The molecule has 0 unspecified atom stereocenters. The van der Waals surface area contributed by atoms with Gasteiger partial charge in [0, 0.05) is 16.6 Å². The quantitative estimate of drug-likeness (QED) is 0.241. The van der Waals surface area contributed by atoms with Crippen LogP contribution in [-0.2, 0) is 6.42 Å². The average molecular weight is 534 g/mol. The third kappa shape index (κ3) is 5.38. The van der Waals surface area contributed by atoms with Crippen LogP contribution in [-0.4, -0.2) is 22.3 Å². The molecule has 0 bridgehead atoms. The summed E-state index contributed by atoms with van der Waals surface area (Å²) in [4.78, 5) is 16.6. The van der Waals surface area contributed by atoms with E-state index in [4.69, 9.17) is 4.98 Å². The Morgan fingerprint density at radius 3 is 2.42 bits per heavy atom. The van der Waals surface area contributed by atoms with E-state index in [0.717, 1.165) is 38.3 Å². The van der Waals surface area contributed by atoms with Crippen molar-refractivity contribution in [1.82, 2.24) is 4.98 Å². The fourth-order valence-corrected chi connectivity index (χ4v) is 5.89. The molecule has 0 saturated carbocycles. The van der Waals surface area contributed by atoms with Crippen LogP contribution < -0.4 is 5.32 Å². The van der Waals surface area contributed by atoms with E-state index >= 15 is 0 Å². The molecule has 0 aliphatic carbocycles. The molecule has 0 fully saturated rings. The Labute approximate surface area is 204 Å². The lowest BCUT2D eigenvalue weighted by molar-refractivity contribution is 0.0701. The molecule has 4 rings (SSSR count). The molecule has 0 spiro atoms. The number of halogens is 1. The molecular formula is C23H21BrN2O2S3. The Hall–Kier alpha value is -2.13. The Morgan fingerprint density at radius 1 is 1.10 bits per heavy atom. The summed E-state index contributed by atoms with van der Waals surface area (Å²) in [7, 11) is 0. The van der Waals surface area contributed by atoms with E-state index in [9.17, 15) is 9.90 Å². The molecule has 0 radical (unpaired) electrons. The summed E-state index contributed by atoms with van der Waals surface area (Å²) in [5, 5.41) is 15.6. The molecule has 31 heavy (non-hydrogen) atoms. The summed E-state index contributed by atoms with van der Waals surface area (Å²) in [5.74, 6) is -0.886. The lowest BCUT2D eigenvalue weighted by atomic mass is 10.1. The predicted octanol–water partition coefficient (Wildman–Crippen LogP) is 7.51. The molecule has 2 N–H and O–H groups in total. The molecule has 0 amide bonds. The van der Waals surface area contributed by atoms with Crippen molar-refractivity contribution < 1.29 is 9.90 Å². The van der Waals surface area contributed by atoms with E-state index in [1.54, 1.807) is 11.8 Å². The van der Waals surface area contributed by atoms with Crippen LogP contribution in [0.15, 0.2) is 64.2 Å². The van der Waals surface area contributed by atoms with E-state index in [1.807, 2.05) is 24.6 Å². The molecule has 4 nitrogen and oxygen atoms in total. The highest BCUT2D eigenvalue weighted by Gasteiger charge is 2.22. The normalized spacial score (nSPS) is 10.5. The lowest BCUT2D eigenvalue weighted by Crippen LogP contribution is -1.95. The number of aromatic nitrogens is 1. The monoisotopic (exact) mass is 532 g/mol. The number of aromatic carboxylic acids is 1. The largest absolute Gasteiger partial charge is 0.477 e. The van der Waals surface area contributed by atoms with E-state index < -0.39 is 5.97 Å². The smallest absolute Gasteiger partial charge is 0.346 e. The van der Waals surface area contributed by atoms with Crippen LogP contribution in [0.4, 0.5) is 10.8 Å². The van der Waals surface area contributed by atoms with Gasteiger partial charge in [-0.25, -0.2) is 9.78 Å². The molecular weight excluding hydrogens is 512 g/mol. The Morgan fingerprint density at radius 2 is 1.77 bits per heavy atom. The van der Waals surface area contributed by atoms with Gasteiger partial charge in [-0.15, -0.1) is 51.4 Å². The first-order chi connectivity index (χ1) is 14.5. The number of thioether (sulfide) groups is 1. The molecule has 0 aliphatic rings. The molecule has 0 saturated heterocycles. The highest BCUT2D eigenvalue weighted by Crippen LogP contribution is 2.42. The molecule has 160 valence electrons. The Bertz CT molecular complexity index is 1170. The number of hydrogen-bond donors (Lipinski definition) is 2. The van der Waals surface area contributed by atoms with Gasteiger partial charge in [0.1, 0.15) is 4.88 Å². The SMILES string of the molecule is Br.CSc1sc(C(=O)O)c(C)c1-c1csc(Nc2ccc(Cc3ccccc3)cc2)n1. The summed E-state index contributed by atoms with van der Waals surface area (Å²) in [5.41, 5.74) is 6.04. The molecule has 8 heteroatoms. The Kier molecular flexibility index (Phi) is 7.94. The summed E-state index contributed by atoms with van der Waals surface area (Å²) in [6, 6.07) is 18.8. The van der Waals surface area contributed by atoms with Crippen LogP contribution in [0.2, 0.25) is 0 Å². The number of carboxylic acid groups (broad SMARTS) is 1. The van der Waals surface area contributed by atoms with Crippen molar-refractivity contribution in [3.63, 3.8) is 0 Å². The van der Waals surface area contributed by atoms with Crippen molar-refractivity contribution in [2.75, 3.05) is 11.6 Å². The summed E-state index contributed by atoms with van der Waals surface area (Å²) in [6.07, 6.45) is 2.87. The van der Waals surface area contributed by atoms with Crippen molar-refractivity contribution in [2.45, 2.75) is 17.6 Å². The maximum Gasteiger partial charge on any atom is 0.346 e. The number of thiazole rings is 1. The minimum Gasteiger partial charge on any atom is -0.477 e. The van der Waals surface area contributed by atoms with Gasteiger partial charge in [-0.1, -0.05) is 42.5 Å². The second-order valence-electron chi connectivity index (χ2n) is 6.75. The number of thiophene rings is 1. The number of carboxylic acids is 1. The molecule has 0 aliphatic heterocycles. The standard InChI is InChI=1S/C23H20N2O2S3.BrH/c1-14-19(22(28-2)30-20(14)21(26)27)18-13-29-23(25-18)24-17-10-8-16(9-11-17)12-15-6-4-3-5-7-15;/h3-11,13H,12H2,1-2H3,(H,24,25)(H,26,27);1H. The van der Waals surface area contributed by atoms with Gasteiger partial charge in [-0.3, -0.25) is 0 Å². The van der Waals surface area contributed by atoms with Gasteiger partial charge in [0.25, 0.3) is 0 Å². The summed E-state index contributed by atoms with van der Waals surface area (Å²) >= 11 is 4.39. The minimum absolute atomic E-state index is 0. The zero-order valence-corrected chi connectivity index (χ0v) is 21.1. The van der Waals surface area contributed by atoms with Gasteiger partial charge < -0.3 is 10.4 Å². The van der Waals surface area contributed by atoms with Crippen molar-refractivity contribution in [3.8, 4) is 11.3 Å². The maximum atomic E-state index is 11.5. The van der Waals surface area contributed by atoms with Crippen molar-refractivity contribution in [1.29, 1.82) is 0 Å². The van der Waals surface area contributed by atoms with Gasteiger partial charge in [0.15, 0.2) is 5.13 Å². The van der Waals surface area contributed by atoms with Gasteiger partial charge in [-0.2, -0.15) is 0 Å². The molecule has 2 heterocycles. The van der Waals surface area contributed by atoms with Crippen LogP contribution in [0.3, 0.4) is 0 Å². The third-order valence-corrected chi connectivity index (χ3v) is 7.87. The van der Waals surface area contributed by atoms with E-state index in [-0.39, 0.29) is 17.0 Å². The lowest BCUT2D eigenvalue weighted by Gasteiger charge is -2.05. The van der Waals surface area contributed by atoms with Crippen LogP contribution in [0, 0.1) is 6.92 Å². The number of hydrogen-bond acceptors (Lipinski definition) is 6. The number of anilines is 2. The van der Waals surface area contributed by atoms with Crippen molar-refractivity contribution in [2.24, 2.45) is 0 Å². The fraction of sp³-hybridized carbons (Fsp3) is 0.130. The predicted molar refractivity (Wildman–Crippen MR) is 138 cm³/mol. The van der Waals surface area contributed by atoms with Gasteiger partial charge >= 0.3 is 5.97 Å². The summed E-state index contributed by atoms with van der Waals surface area (Å²) < 4.78 is 0.979. The van der Waals surface area contributed by atoms with Gasteiger partial charge in [-0.05, 0) is 48.4 Å². The zero-order valence-electron chi connectivity index (χ0n) is 16.9. The first-order valence-corrected chi connectivity index (χ1v) is 12.2. The number of carbonyl (C=O) groups is 1. The number of nitrogens with one attached hydrogen (secondary N) is 1. The first kappa shape index (κ1) is 23.5. The first-order valence-electron chi connectivity index (χ1n) is 9.31. The van der Waals surface area contributed by atoms with Crippen molar-refractivity contribution in [3.05, 3.63) is 81.5 Å². The number of nitrogens with zero attached hydrogens (tertiary/aromatic N) is 1. The van der Waals surface area contributed by atoms with Crippen LogP contribution in [0.25, 0.3) is 11.3 Å². The van der Waals surface area contributed by atoms with E-state index in [0.29, 0.717) is 4.88 Å². The van der Waals surface area contributed by atoms with Crippen LogP contribution in [0.1, 0.15) is 26.4 Å². The van der Waals surface area contributed by atoms with Gasteiger partial charge in [0.05, 0.1) is 9.90 Å². The molecule has 2 aromatic heterocycles. The Balaban J connectivity index is 0.00000272. The molecule has 0 atom stereocenters. The second kappa shape index (κ2) is 10.5. The number of rotatable bonds is 7. The molecule has 2 aromatic carbocycles. The second-order valence-corrected chi connectivity index (χ2v) is 9.70. The zero-order chi connectivity index (χ0) is 21.1. The summed E-state index contributed by atoms with van der Waals surface area (Å²) in [6.45, 7) is 1.85. The van der Waals surface area contributed by atoms with Crippen molar-refractivity contribution >= 4 is 68.2 Å². The van der Waals surface area contributed by atoms with E-state index in [1.165, 1.54) is 33.8 Å². The minimum atomic E-state index is -0.886. The highest BCUT2D eigenvalue weighted by atomic mass is 79.9. The maximum absolute atomic E-state index is 11.5. The number of benzene rings is 2. The third-order valence-electron chi connectivity index (χ3n) is 4.71. The van der Waals surface area contributed by atoms with Crippen LogP contribution in [0.5, 0.6) is 0 Å².